The first-order chi connectivity index (χ1) is 22.3. The molecule has 0 unspecified atom stereocenters. The second-order valence-corrected chi connectivity index (χ2v) is 10.5. The Bertz CT molecular complexity index is 1840. The Morgan fingerprint density at radius 2 is 1.66 bits per heavy atom. The molecule has 1 atom stereocenters. The monoisotopic (exact) mass is 661 g/mol. The smallest absolute Gasteiger partial charge is 0.416 e. The maximum atomic E-state index is 16.0. The average Bonchev–Trinajstić information content (AvgIpc) is 3.03. The minimum atomic E-state index is -4.95. The van der Waals surface area contributed by atoms with E-state index in [0.29, 0.717) is 11.6 Å². The predicted octanol–water partition coefficient (Wildman–Crippen LogP) is 5.16. The summed E-state index contributed by atoms with van der Waals surface area (Å²) in [5, 5.41) is 11.7. The van der Waals surface area contributed by atoms with Crippen LogP contribution in [-0.4, -0.2) is 47.1 Å². The molecule has 9 nitrogen and oxygen atoms in total. The van der Waals surface area contributed by atoms with Crippen LogP contribution in [0.4, 0.5) is 22.0 Å². The lowest BCUT2D eigenvalue weighted by molar-refractivity contribution is -0.142. The van der Waals surface area contributed by atoms with E-state index in [1.165, 1.54) is 25.1 Å². The van der Waals surface area contributed by atoms with Gasteiger partial charge in [-0.25, -0.2) is 18.4 Å². The number of rotatable bonds is 14. The maximum absolute atomic E-state index is 16.0. The van der Waals surface area contributed by atoms with Gasteiger partial charge < -0.3 is 19.9 Å². The standard InChI is InChI=1S/C33H32F5N3O6/c1-20-29(22-11-6-14-27(30(22)35)47-16-8-15-46-19-28(42)43)31(44)41(18-26(39-2)21-9-4-3-5-10-21)32(45)40(20)17-23-24(33(36,37)38)12-7-13-25(23)34/h3-7,9-14,26,39H,8,15-19H2,1-2H3,(H,42,43)/t26-/m0/s1. The van der Waals surface area contributed by atoms with Crippen LogP contribution in [0.5, 0.6) is 5.75 Å². The number of ether oxygens (including phenoxy) is 2. The van der Waals surface area contributed by atoms with Gasteiger partial charge in [-0.05, 0) is 37.7 Å². The third-order valence-corrected chi connectivity index (χ3v) is 7.49. The predicted molar refractivity (Wildman–Crippen MR) is 162 cm³/mol. The summed E-state index contributed by atoms with van der Waals surface area (Å²) < 4.78 is 84.7. The lowest BCUT2D eigenvalue weighted by Crippen LogP contribution is -2.44. The molecule has 0 spiro atoms. The summed E-state index contributed by atoms with van der Waals surface area (Å²) in [4.78, 5) is 38.5. The number of carboxylic acids is 1. The van der Waals surface area contributed by atoms with Crippen LogP contribution in [0.15, 0.2) is 76.3 Å². The second kappa shape index (κ2) is 15.2. The zero-order valence-electron chi connectivity index (χ0n) is 25.4. The zero-order chi connectivity index (χ0) is 34.3. The summed E-state index contributed by atoms with van der Waals surface area (Å²) >= 11 is 0. The van der Waals surface area contributed by atoms with Gasteiger partial charge in [-0.2, -0.15) is 13.2 Å². The van der Waals surface area contributed by atoms with Gasteiger partial charge in [0.25, 0.3) is 5.56 Å². The van der Waals surface area contributed by atoms with Crippen molar-refractivity contribution in [3.8, 4) is 16.9 Å². The van der Waals surface area contributed by atoms with Gasteiger partial charge in [0.1, 0.15) is 12.4 Å². The first-order valence-corrected chi connectivity index (χ1v) is 14.5. The van der Waals surface area contributed by atoms with Gasteiger partial charge in [0.15, 0.2) is 11.6 Å². The molecular formula is C33H32F5N3O6. The molecule has 0 aliphatic rings. The number of nitrogens with one attached hydrogen (secondary N) is 1. The molecule has 1 heterocycles. The van der Waals surface area contributed by atoms with Crippen LogP contribution in [0.2, 0.25) is 0 Å². The van der Waals surface area contributed by atoms with Gasteiger partial charge in [0.2, 0.25) is 0 Å². The Kier molecular flexibility index (Phi) is 11.3. The SMILES string of the molecule is CN[C@@H](Cn1c(=O)c(-c2cccc(OCCCOCC(=O)O)c2F)c(C)n(Cc2c(F)cccc2C(F)(F)F)c1=O)c1ccccc1. The number of aliphatic carboxylic acids is 1. The molecule has 0 fully saturated rings. The van der Waals surface area contributed by atoms with Gasteiger partial charge in [0, 0.05) is 23.2 Å². The normalized spacial score (nSPS) is 12.2. The molecule has 0 amide bonds. The lowest BCUT2D eigenvalue weighted by Gasteiger charge is -2.23. The molecule has 250 valence electrons. The van der Waals surface area contributed by atoms with Gasteiger partial charge in [0.05, 0.1) is 43.5 Å². The van der Waals surface area contributed by atoms with Crippen LogP contribution in [0.1, 0.15) is 34.8 Å². The summed E-state index contributed by atoms with van der Waals surface area (Å²) in [6, 6.07) is 14.5. The molecule has 3 aromatic carbocycles. The number of benzene rings is 3. The van der Waals surface area contributed by atoms with Gasteiger partial charge in [-0.3, -0.25) is 13.9 Å². The summed E-state index contributed by atoms with van der Waals surface area (Å²) in [6.45, 7) is -0.479. The van der Waals surface area contributed by atoms with Crippen molar-refractivity contribution in [1.29, 1.82) is 0 Å². The Labute approximate surface area is 265 Å². The van der Waals surface area contributed by atoms with Crippen molar-refractivity contribution >= 4 is 5.97 Å². The highest BCUT2D eigenvalue weighted by molar-refractivity contribution is 5.68. The number of likely N-dealkylation sites (N-methyl/N-ethyl adjacent to an activating group) is 1. The quantitative estimate of drug-likeness (QED) is 0.142. The van der Waals surface area contributed by atoms with Crippen LogP contribution in [0.3, 0.4) is 0 Å². The van der Waals surface area contributed by atoms with E-state index in [0.717, 1.165) is 21.3 Å². The van der Waals surface area contributed by atoms with Crippen molar-refractivity contribution in [2.24, 2.45) is 0 Å². The van der Waals surface area contributed by atoms with Crippen molar-refractivity contribution in [2.45, 2.75) is 38.7 Å². The second-order valence-electron chi connectivity index (χ2n) is 10.5. The Balaban J connectivity index is 1.86. The molecule has 0 radical (unpaired) electrons. The van der Waals surface area contributed by atoms with E-state index in [9.17, 15) is 31.9 Å². The van der Waals surface area contributed by atoms with Crippen LogP contribution in [0, 0.1) is 18.6 Å². The largest absolute Gasteiger partial charge is 0.490 e. The fraction of sp³-hybridized carbons (Fsp3) is 0.303. The van der Waals surface area contributed by atoms with E-state index in [-0.39, 0.29) is 48.7 Å². The topological polar surface area (TPSA) is 112 Å². The number of alkyl halides is 3. The molecule has 0 saturated carbocycles. The van der Waals surface area contributed by atoms with Crippen molar-refractivity contribution in [2.75, 3.05) is 26.9 Å². The Morgan fingerprint density at radius 3 is 2.32 bits per heavy atom. The molecule has 0 bridgehead atoms. The summed E-state index contributed by atoms with van der Waals surface area (Å²) in [6.07, 6.45) is -4.74. The number of hydrogen-bond acceptors (Lipinski definition) is 6. The van der Waals surface area contributed by atoms with Crippen molar-refractivity contribution in [1.82, 2.24) is 14.5 Å². The van der Waals surface area contributed by atoms with Crippen molar-refractivity contribution in [3.63, 3.8) is 0 Å². The molecule has 0 saturated heterocycles. The first-order valence-electron chi connectivity index (χ1n) is 14.5. The summed E-state index contributed by atoms with van der Waals surface area (Å²) in [5.74, 6) is -3.61. The molecular weight excluding hydrogens is 629 g/mol. The van der Waals surface area contributed by atoms with Crippen LogP contribution < -0.4 is 21.3 Å². The van der Waals surface area contributed by atoms with Crippen molar-refractivity contribution < 1.29 is 41.3 Å². The first kappa shape index (κ1) is 35.0. The van der Waals surface area contributed by atoms with Gasteiger partial charge in [-0.15, -0.1) is 0 Å². The molecule has 47 heavy (non-hydrogen) atoms. The molecule has 4 rings (SSSR count). The van der Waals surface area contributed by atoms with E-state index in [2.05, 4.69) is 5.32 Å². The highest BCUT2D eigenvalue weighted by Gasteiger charge is 2.35. The number of nitrogens with zero attached hydrogens (tertiary/aromatic N) is 2. The molecule has 14 heteroatoms. The van der Waals surface area contributed by atoms with E-state index in [1.54, 1.807) is 37.4 Å². The minimum Gasteiger partial charge on any atom is -0.490 e. The van der Waals surface area contributed by atoms with E-state index >= 15 is 4.39 Å². The average molecular weight is 662 g/mol. The van der Waals surface area contributed by atoms with Crippen LogP contribution >= 0.6 is 0 Å². The number of halogens is 5. The number of aromatic nitrogens is 2. The molecule has 4 aromatic rings. The third kappa shape index (κ3) is 8.13. The fourth-order valence-corrected chi connectivity index (χ4v) is 5.15. The van der Waals surface area contributed by atoms with E-state index in [1.807, 2.05) is 0 Å². The number of hydrogen-bond donors (Lipinski definition) is 2. The highest BCUT2D eigenvalue weighted by Crippen LogP contribution is 2.34. The molecule has 1 aromatic heterocycles. The molecule has 0 aliphatic carbocycles. The lowest BCUT2D eigenvalue weighted by atomic mass is 10.0. The maximum Gasteiger partial charge on any atom is 0.416 e. The highest BCUT2D eigenvalue weighted by atomic mass is 19.4. The number of carbonyl (C=O) groups is 1. The summed E-state index contributed by atoms with van der Waals surface area (Å²) in [7, 11) is 1.60. The van der Waals surface area contributed by atoms with E-state index in [4.69, 9.17) is 14.6 Å². The molecule has 2 N–H and O–H groups in total. The van der Waals surface area contributed by atoms with Gasteiger partial charge in [-0.1, -0.05) is 48.5 Å². The Morgan fingerprint density at radius 1 is 0.957 bits per heavy atom. The number of carboxylic acid groups (broad SMARTS) is 1. The van der Waals surface area contributed by atoms with Gasteiger partial charge >= 0.3 is 17.8 Å². The summed E-state index contributed by atoms with van der Waals surface area (Å²) in [5.41, 5.74) is -4.17. The fourth-order valence-electron chi connectivity index (χ4n) is 5.15. The molecule has 0 aliphatic heterocycles. The third-order valence-electron chi connectivity index (χ3n) is 7.49. The van der Waals surface area contributed by atoms with Crippen molar-refractivity contribution in [3.05, 3.63) is 122 Å². The Hall–Kier alpha value is -4.82. The van der Waals surface area contributed by atoms with E-state index < -0.39 is 65.3 Å². The zero-order valence-corrected chi connectivity index (χ0v) is 25.4. The van der Waals surface area contributed by atoms with Crippen LogP contribution in [0.25, 0.3) is 11.1 Å². The van der Waals surface area contributed by atoms with Crippen LogP contribution in [-0.2, 0) is 28.8 Å². The minimum absolute atomic E-state index is 0.0202.